The summed E-state index contributed by atoms with van der Waals surface area (Å²) in [5.41, 5.74) is 2.24. The van der Waals surface area contributed by atoms with Gasteiger partial charge in [0.15, 0.2) is 0 Å². The van der Waals surface area contributed by atoms with Crippen molar-refractivity contribution < 1.29 is 14.7 Å². The lowest BCUT2D eigenvalue weighted by molar-refractivity contribution is -0.131. The maximum atomic E-state index is 11.3. The third-order valence-electron chi connectivity index (χ3n) is 2.19. The lowest BCUT2D eigenvalue weighted by Crippen LogP contribution is -2.08. The van der Waals surface area contributed by atoms with Crippen molar-refractivity contribution in [2.75, 3.05) is 5.32 Å². The summed E-state index contributed by atoms with van der Waals surface area (Å²) in [7, 11) is 0. The smallest absolute Gasteiger partial charge is 0.328 e. The average molecular weight is 275 g/mol. The fraction of sp³-hybridized carbons (Fsp3) is 0. The standard InChI is InChI=1S/C12H9N3O3S/c16-11(5-6-12(17)18)13-9-3-1-8(2-4-9)10-7-19-15-14-10/h1-7H,(H,13,16)(H,17,18). The van der Waals surface area contributed by atoms with Crippen LogP contribution in [0.3, 0.4) is 0 Å². The van der Waals surface area contributed by atoms with E-state index in [0.717, 1.165) is 23.4 Å². The van der Waals surface area contributed by atoms with Crippen LogP contribution in [0.1, 0.15) is 0 Å². The number of nitrogens with zero attached hydrogens (tertiary/aromatic N) is 2. The van der Waals surface area contributed by atoms with Gasteiger partial charge in [0.25, 0.3) is 0 Å². The molecule has 19 heavy (non-hydrogen) atoms. The van der Waals surface area contributed by atoms with E-state index in [-0.39, 0.29) is 0 Å². The van der Waals surface area contributed by atoms with Crippen LogP contribution in [0.25, 0.3) is 11.3 Å². The van der Waals surface area contributed by atoms with E-state index in [0.29, 0.717) is 5.69 Å². The number of aliphatic carboxylic acids is 1. The number of hydrogen-bond acceptors (Lipinski definition) is 5. The van der Waals surface area contributed by atoms with Crippen LogP contribution in [0.4, 0.5) is 5.69 Å². The minimum Gasteiger partial charge on any atom is -0.478 e. The van der Waals surface area contributed by atoms with E-state index in [4.69, 9.17) is 5.11 Å². The molecule has 0 saturated heterocycles. The maximum Gasteiger partial charge on any atom is 0.328 e. The Bertz CT molecular complexity index is 606. The van der Waals surface area contributed by atoms with Gasteiger partial charge >= 0.3 is 5.97 Å². The molecular weight excluding hydrogens is 266 g/mol. The van der Waals surface area contributed by atoms with Crippen LogP contribution in [-0.2, 0) is 9.59 Å². The van der Waals surface area contributed by atoms with Gasteiger partial charge in [-0.25, -0.2) is 4.79 Å². The predicted molar refractivity (Wildman–Crippen MR) is 70.8 cm³/mol. The fourth-order valence-corrected chi connectivity index (χ4v) is 1.81. The van der Waals surface area contributed by atoms with Crippen molar-refractivity contribution in [1.29, 1.82) is 0 Å². The second-order valence-electron chi connectivity index (χ2n) is 3.53. The van der Waals surface area contributed by atoms with Crippen molar-refractivity contribution in [2.45, 2.75) is 0 Å². The van der Waals surface area contributed by atoms with Crippen LogP contribution in [0.5, 0.6) is 0 Å². The van der Waals surface area contributed by atoms with Crippen LogP contribution in [0.2, 0.25) is 0 Å². The van der Waals surface area contributed by atoms with Crippen LogP contribution in [0.15, 0.2) is 41.8 Å². The number of benzene rings is 1. The summed E-state index contributed by atoms with van der Waals surface area (Å²) in [5, 5.41) is 16.7. The fourth-order valence-electron chi connectivity index (χ4n) is 1.35. The Balaban J connectivity index is 2.03. The van der Waals surface area contributed by atoms with Crippen molar-refractivity contribution in [2.24, 2.45) is 0 Å². The van der Waals surface area contributed by atoms with Crippen molar-refractivity contribution in [3.8, 4) is 11.3 Å². The van der Waals surface area contributed by atoms with Gasteiger partial charge in [0.05, 0.1) is 0 Å². The highest BCUT2D eigenvalue weighted by Crippen LogP contribution is 2.19. The van der Waals surface area contributed by atoms with Gasteiger partial charge in [0.2, 0.25) is 5.91 Å². The molecule has 96 valence electrons. The summed E-state index contributed by atoms with van der Waals surface area (Å²) in [6, 6.07) is 7.02. The second kappa shape index (κ2) is 5.87. The summed E-state index contributed by atoms with van der Waals surface area (Å²) in [6.07, 6.45) is 1.74. The number of carbonyl (C=O) groups excluding carboxylic acids is 1. The van der Waals surface area contributed by atoms with Gasteiger partial charge in [0, 0.05) is 28.8 Å². The third kappa shape index (κ3) is 3.71. The summed E-state index contributed by atoms with van der Waals surface area (Å²) >= 11 is 1.26. The Kier molecular flexibility index (Phi) is 3.99. The van der Waals surface area contributed by atoms with Crippen LogP contribution < -0.4 is 5.32 Å². The number of carboxylic acid groups (broad SMARTS) is 1. The van der Waals surface area contributed by atoms with E-state index in [1.807, 2.05) is 5.38 Å². The normalized spacial score (nSPS) is 10.5. The molecule has 7 heteroatoms. The zero-order chi connectivity index (χ0) is 13.7. The Hall–Kier alpha value is -2.54. The van der Waals surface area contributed by atoms with Gasteiger partial charge in [-0.05, 0) is 23.7 Å². The highest BCUT2D eigenvalue weighted by Gasteiger charge is 2.02. The SMILES string of the molecule is O=C(O)C=CC(=O)Nc1ccc(-c2csnn2)cc1. The van der Waals surface area contributed by atoms with Gasteiger partial charge in [-0.1, -0.05) is 16.6 Å². The topological polar surface area (TPSA) is 92.2 Å². The van der Waals surface area contributed by atoms with E-state index in [2.05, 4.69) is 14.9 Å². The van der Waals surface area contributed by atoms with Crippen molar-refractivity contribution in [3.05, 3.63) is 41.8 Å². The first-order valence-electron chi connectivity index (χ1n) is 5.24. The maximum absolute atomic E-state index is 11.3. The number of rotatable bonds is 4. The number of anilines is 1. The largest absolute Gasteiger partial charge is 0.478 e. The lowest BCUT2D eigenvalue weighted by atomic mass is 10.1. The molecule has 0 saturated carbocycles. The Labute approximate surface area is 112 Å². The van der Waals surface area contributed by atoms with Crippen LogP contribution in [0, 0.1) is 0 Å². The number of carbonyl (C=O) groups is 2. The van der Waals surface area contributed by atoms with E-state index in [1.54, 1.807) is 24.3 Å². The molecule has 0 aliphatic rings. The molecule has 1 heterocycles. The Morgan fingerprint density at radius 3 is 2.53 bits per heavy atom. The highest BCUT2D eigenvalue weighted by atomic mass is 32.1. The third-order valence-corrected chi connectivity index (χ3v) is 2.69. The van der Waals surface area contributed by atoms with Crippen LogP contribution in [-0.4, -0.2) is 26.6 Å². The van der Waals surface area contributed by atoms with E-state index in [9.17, 15) is 9.59 Å². The van der Waals surface area contributed by atoms with Crippen molar-refractivity contribution in [3.63, 3.8) is 0 Å². The van der Waals surface area contributed by atoms with Crippen molar-refractivity contribution in [1.82, 2.24) is 9.59 Å². The first kappa shape index (κ1) is 12.9. The van der Waals surface area contributed by atoms with Crippen LogP contribution >= 0.6 is 11.5 Å². The first-order valence-corrected chi connectivity index (χ1v) is 6.08. The number of aromatic nitrogens is 2. The molecule has 1 aromatic heterocycles. The molecular formula is C12H9N3O3S. The molecule has 1 aromatic carbocycles. The predicted octanol–water partition coefficient (Wildman–Crippen LogP) is 1.78. The van der Waals surface area contributed by atoms with Crippen molar-refractivity contribution >= 4 is 29.1 Å². The molecule has 2 aromatic rings. The van der Waals surface area contributed by atoms with Gasteiger partial charge in [-0.2, -0.15) is 0 Å². The average Bonchev–Trinajstić information content (AvgIpc) is 2.91. The minimum atomic E-state index is -1.17. The molecule has 0 aliphatic carbocycles. The molecule has 1 amide bonds. The summed E-state index contributed by atoms with van der Waals surface area (Å²) in [4.78, 5) is 21.6. The molecule has 0 spiro atoms. The van der Waals surface area contributed by atoms with E-state index < -0.39 is 11.9 Å². The molecule has 0 fully saturated rings. The molecule has 6 nitrogen and oxygen atoms in total. The minimum absolute atomic E-state index is 0.495. The van der Waals surface area contributed by atoms with Gasteiger partial charge in [-0.3, -0.25) is 4.79 Å². The molecule has 0 atom stereocenters. The van der Waals surface area contributed by atoms with Gasteiger partial charge < -0.3 is 10.4 Å². The second-order valence-corrected chi connectivity index (χ2v) is 4.14. The van der Waals surface area contributed by atoms with Gasteiger partial charge in [0.1, 0.15) is 5.69 Å². The summed E-state index contributed by atoms with van der Waals surface area (Å²) in [5.74, 6) is -1.66. The number of hydrogen-bond donors (Lipinski definition) is 2. The number of nitrogens with one attached hydrogen (secondary N) is 1. The highest BCUT2D eigenvalue weighted by molar-refractivity contribution is 7.03. The summed E-state index contributed by atoms with van der Waals surface area (Å²) in [6.45, 7) is 0. The molecule has 0 unspecified atom stereocenters. The van der Waals surface area contributed by atoms with E-state index >= 15 is 0 Å². The molecule has 2 rings (SSSR count). The molecule has 2 N–H and O–H groups in total. The number of amides is 1. The molecule has 0 radical (unpaired) electrons. The Morgan fingerprint density at radius 1 is 1.21 bits per heavy atom. The van der Waals surface area contributed by atoms with E-state index in [1.165, 1.54) is 11.5 Å². The zero-order valence-corrected chi connectivity index (χ0v) is 10.4. The molecule has 0 bridgehead atoms. The zero-order valence-electron chi connectivity index (χ0n) is 9.61. The number of carboxylic acids is 1. The monoisotopic (exact) mass is 275 g/mol. The first-order chi connectivity index (χ1) is 9.15. The molecule has 0 aliphatic heterocycles. The summed E-state index contributed by atoms with van der Waals surface area (Å²) < 4.78 is 3.77. The lowest BCUT2D eigenvalue weighted by Gasteiger charge is -2.02. The quantitative estimate of drug-likeness (QED) is 0.830. The Morgan fingerprint density at radius 2 is 1.95 bits per heavy atom. The van der Waals surface area contributed by atoms with Gasteiger partial charge in [-0.15, -0.1) is 5.10 Å².